The van der Waals surface area contributed by atoms with Gasteiger partial charge in [0.05, 0.1) is 17.6 Å². The number of halogens is 1. The first-order chi connectivity index (χ1) is 10.0. The fourth-order valence-electron chi connectivity index (χ4n) is 1.46. The maximum Gasteiger partial charge on any atom is 0.368 e. The Morgan fingerprint density at radius 3 is 2.52 bits per heavy atom. The van der Waals surface area contributed by atoms with Gasteiger partial charge in [0.2, 0.25) is 5.15 Å². The Morgan fingerprint density at radius 1 is 1.29 bits per heavy atom. The van der Waals surface area contributed by atoms with Crippen LogP contribution >= 0.6 is 11.6 Å². The van der Waals surface area contributed by atoms with E-state index in [1.807, 2.05) is 0 Å². The predicted octanol–water partition coefficient (Wildman–Crippen LogP) is 2.62. The number of rotatable bonds is 4. The monoisotopic (exact) mass is 309 g/mol. The largest absolute Gasteiger partial charge is 0.465 e. The lowest BCUT2D eigenvalue weighted by atomic mass is 10.2. The lowest BCUT2D eigenvalue weighted by Gasteiger charge is -2.06. The van der Waals surface area contributed by atoms with Crippen molar-refractivity contribution >= 4 is 23.3 Å². The minimum absolute atomic E-state index is 0.250. The smallest absolute Gasteiger partial charge is 0.368 e. The van der Waals surface area contributed by atoms with Crippen LogP contribution in [-0.4, -0.2) is 28.0 Å². The molecule has 21 heavy (non-hydrogen) atoms. The Bertz CT molecular complexity index is 690. The third-order valence-corrected chi connectivity index (χ3v) is 2.69. The minimum atomic E-state index is -0.736. The summed E-state index contributed by atoms with van der Waals surface area (Å²) < 4.78 is 9.84. The van der Waals surface area contributed by atoms with Crippen molar-refractivity contribution in [1.29, 1.82) is 0 Å². The summed E-state index contributed by atoms with van der Waals surface area (Å²) in [4.78, 5) is 28.7. The van der Waals surface area contributed by atoms with E-state index in [-0.39, 0.29) is 16.8 Å². The molecule has 0 unspecified atom stereocenters. The van der Waals surface area contributed by atoms with Gasteiger partial charge >= 0.3 is 17.5 Å². The second-order valence-corrected chi connectivity index (χ2v) is 4.05. The zero-order valence-corrected chi connectivity index (χ0v) is 11.4. The molecule has 9 heteroatoms. The highest BCUT2D eigenvalue weighted by Crippen LogP contribution is 2.33. The average Bonchev–Trinajstić information content (AvgIpc) is 2.47. The van der Waals surface area contributed by atoms with E-state index in [2.05, 4.69) is 14.7 Å². The van der Waals surface area contributed by atoms with E-state index in [0.29, 0.717) is 5.56 Å². The summed E-state index contributed by atoms with van der Waals surface area (Å²) in [6, 6.07) is 5.81. The highest BCUT2D eigenvalue weighted by Gasteiger charge is 2.23. The number of carbonyl (C=O) groups excluding carboxylic acids is 1. The van der Waals surface area contributed by atoms with Crippen molar-refractivity contribution in [2.75, 3.05) is 7.11 Å². The fourth-order valence-corrected chi connectivity index (χ4v) is 1.65. The lowest BCUT2D eigenvalue weighted by Crippen LogP contribution is -2.01. The van der Waals surface area contributed by atoms with Crippen molar-refractivity contribution in [3.8, 4) is 11.6 Å². The first kappa shape index (κ1) is 14.7. The second kappa shape index (κ2) is 6.14. The summed E-state index contributed by atoms with van der Waals surface area (Å²) in [6.45, 7) is 0. The van der Waals surface area contributed by atoms with Crippen molar-refractivity contribution in [1.82, 2.24) is 9.97 Å². The Balaban J connectivity index is 2.29. The quantitative estimate of drug-likeness (QED) is 0.370. The maximum atomic E-state index is 11.3. The van der Waals surface area contributed by atoms with E-state index in [1.54, 1.807) is 0 Å². The number of hydrogen-bond donors (Lipinski definition) is 0. The molecule has 0 aliphatic rings. The van der Waals surface area contributed by atoms with Crippen molar-refractivity contribution in [3.05, 3.63) is 51.4 Å². The molecular weight excluding hydrogens is 302 g/mol. The first-order valence-corrected chi connectivity index (χ1v) is 5.92. The normalized spacial score (nSPS) is 10.0. The molecule has 0 N–H and O–H groups in total. The van der Waals surface area contributed by atoms with E-state index in [4.69, 9.17) is 16.3 Å². The minimum Gasteiger partial charge on any atom is -0.465 e. The van der Waals surface area contributed by atoms with Gasteiger partial charge in [-0.2, -0.15) is 4.98 Å². The molecule has 0 aliphatic heterocycles. The SMILES string of the molecule is COC(=O)c1ccc(Oc2ncnc(Cl)c2[N+](=O)[O-])cc1. The van der Waals surface area contributed by atoms with Gasteiger partial charge in [-0.1, -0.05) is 11.6 Å². The van der Waals surface area contributed by atoms with Crippen LogP contribution in [0.4, 0.5) is 5.69 Å². The molecule has 2 aromatic rings. The van der Waals surface area contributed by atoms with Crippen LogP contribution in [0.1, 0.15) is 10.4 Å². The zero-order chi connectivity index (χ0) is 15.4. The molecule has 108 valence electrons. The highest BCUT2D eigenvalue weighted by atomic mass is 35.5. The molecule has 8 nitrogen and oxygen atoms in total. The fraction of sp³-hybridized carbons (Fsp3) is 0.0833. The van der Waals surface area contributed by atoms with Gasteiger partial charge in [0.25, 0.3) is 0 Å². The van der Waals surface area contributed by atoms with E-state index in [1.165, 1.54) is 31.4 Å². The number of nitro groups is 1. The standard InChI is InChI=1S/C12H8ClN3O5/c1-20-12(17)7-2-4-8(5-3-7)21-11-9(16(18)19)10(13)14-6-15-11/h2-6H,1H3. The average molecular weight is 310 g/mol. The third kappa shape index (κ3) is 3.23. The van der Waals surface area contributed by atoms with Gasteiger partial charge in [0.1, 0.15) is 12.1 Å². The van der Waals surface area contributed by atoms with Crippen LogP contribution in [0.15, 0.2) is 30.6 Å². The predicted molar refractivity (Wildman–Crippen MR) is 71.6 cm³/mol. The molecule has 1 aromatic heterocycles. The summed E-state index contributed by atoms with van der Waals surface area (Å²) in [6.07, 6.45) is 1.05. The first-order valence-electron chi connectivity index (χ1n) is 5.54. The van der Waals surface area contributed by atoms with E-state index >= 15 is 0 Å². The van der Waals surface area contributed by atoms with Gasteiger partial charge in [-0.15, -0.1) is 0 Å². The van der Waals surface area contributed by atoms with E-state index < -0.39 is 16.6 Å². The Morgan fingerprint density at radius 2 is 1.95 bits per heavy atom. The number of nitrogens with zero attached hydrogens (tertiary/aromatic N) is 3. The Labute approximate surface area is 123 Å². The molecule has 0 bridgehead atoms. The lowest BCUT2D eigenvalue weighted by molar-refractivity contribution is -0.386. The third-order valence-electron chi connectivity index (χ3n) is 2.42. The maximum absolute atomic E-state index is 11.3. The molecule has 0 fully saturated rings. The van der Waals surface area contributed by atoms with Gasteiger partial charge in [-0.25, -0.2) is 9.78 Å². The highest BCUT2D eigenvalue weighted by molar-refractivity contribution is 6.31. The summed E-state index contributed by atoms with van der Waals surface area (Å²) in [5.74, 6) is -0.538. The van der Waals surface area contributed by atoms with Gasteiger partial charge in [-0.3, -0.25) is 10.1 Å². The summed E-state index contributed by atoms with van der Waals surface area (Å²) in [5, 5.41) is 10.6. The molecule has 1 aromatic carbocycles. The van der Waals surface area contributed by atoms with E-state index in [9.17, 15) is 14.9 Å². The van der Waals surface area contributed by atoms with Crippen LogP contribution in [-0.2, 0) is 4.74 Å². The Kier molecular flexibility index (Phi) is 4.29. The van der Waals surface area contributed by atoms with Crippen LogP contribution < -0.4 is 4.74 Å². The van der Waals surface area contributed by atoms with Crippen LogP contribution in [0, 0.1) is 10.1 Å². The molecule has 0 saturated carbocycles. The number of methoxy groups -OCH3 is 1. The second-order valence-electron chi connectivity index (χ2n) is 3.69. The molecule has 2 rings (SSSR count). The molecule has 0 aliphatic carbocycles. The Hall–Kier alpha value is -2.74. The topological polar surface area (TPSA) is 104 Å². The number of hydrogen-bond acceptors (Lipinski definition) is 7. The van der Waals surface area contributed by atoms with Crippen molar-refractivity contribution in [2.45, 2.75) is 0 Å². The van der Waals surface area contributed by atoms with Crippen molar-refractivity contribution < 1.29 is 19.2 Å². The van der Waals surface area contributed by atoms with Gasteiger partial charge in [0.15, 0.2) is 0 Å². The van der Waals surface area contributed by atoms with Gasteiger partial charge in [0, 0.05) is 0 Å². The number of benzene rings is 1. The van der Waals surface area contributed by atoms with Crippen LogP contribution in [0.25, 0.3) is 0 Å². The summed E-state index contributed by atoms with van der Waals surface area (Å²) in [5.41, 5.74) is -0.212. The number of ether oxygens (including phenoxy) is 2. The molecule has 0 spiro atoms. The summed E-state index contributed by atoms with van der Waals surface area (Å²) >= 11 is 5.64. The van der Waals surface area contributed by atoms with Gasteiger partial charge in [-0.05, 0) is 24.3 Å². The number of aromatic nitrogens is 2. The molecule has 0 atom stereocenters. The molecule has 1 heterocycles. The van der Waals surface area contributed by atoms with Gasteiger partial charge < -0.3 is 9.47 Å². The van der Waals surface area contributed by atoms with E-state index in [0.717, 1.165) is 6.33 Å². The number of esters is 1. The van der Waals surface area contributed by atoms with Crippen LogP contribution in [0.5, 0.6) is 11.6 Å². The van der Waals surface area contributed by atoms with Crippen LogP contribution in [0.3, 0.4) is 0 Å². The molecule has 0 radical (unpaired) electrons. The number of carbonyl (C=O) groups is 1. The summed E-state index contributed by atoms with van der Waals surface area (Å²) in [7, 11) is 1.26. The molecular formula is C12H8ClN3O5. The van der Waals surface area contributed by atoms with Crippen molar-refractivity contribution in [3.63, 3.8) is 0 Å². The van der Waals surface area contributed by atoms with Crippen molar-refractivity contribution in [2.24, 2.45) is 0 Å². The molecule has 0 saturated heterocycles. The molecule has 0 amide bonds. The van der Waals surface area contributed by atoms with Crippen LogP contribution in [0.2, 0.25) is 5.15 Å². The zero-order valence-electron chi connectivity index (χ0n) is 10.6.